The van der Waals surface area contributed by atoms with Gasteiger partial charge in [0.25, 0.3) is 0 Å². The number of cyclic esters (lactones) is 2. The van der Waals surface area contributed by atoms with E-state index < -0.39 is 0 Å². The van der Waals surface area contributed by atoms with Crippen molar-refractivity contribution in [2.24, 2.45) is 58.7 Å². The van der Waals surface area contributed by atoms with Crippen LogP contribution < -0.4 is 0 Å². The van der Waals surface area contributed by atoms with Crippen LogP contribution in [0, 0.1) is 58.7 Å². The minimum atomic E-state index is -0.195. The summed E-state index contributed by atoms with van der Waals surface area (Å²) in [5.41, 5.74) is 0.591. The summed E-state index contributed by atoms with van der Waals surface area (Å²) in [4.78, 5) is 23.5. The van der Waals surface area contributed by atoms with Gasteiger partial charge < -0.3 is 4.74 Å². The first kappa shape index (κ1) is 7.46. The van der Waals surface area contributed by atoms with E-state index >= 15 is 0 Å². The normalized spacial score (nSPS) is 78.7. The summed E-state index contributed by atoms with van der Waals surface area (Å²) in [5.74, 6) is 4.68. The van der Waals surface area contributed by atoms with Crippen molar-refractivity contribution < 1.29 is 14.3 Å². The summed E-state index contributed by atoms with van der Waals surface area (Å²) in [7, 11) is 0. The van der Waals surface area contributed by atoms with Crippen LogP contribution >= 0.6 is 0 Å². The SMILES string of the molecule is CC12C3C4C5C(=O)OC(=O)C5C5C3C1C5C42. The van der Waals surface area contributed by atoms with Crippen LogP contribution in [0.25, 0.3) is 0 Å². The molecule has 6 aliphatic carbocycles. The lowest BCUT2D eigenvalue weighted by Crippen LogP contribution is -2.97. The lowest BCUT2D eigenvalue weighted by Gasteiger charge is -2.99. The van der Waals surface area contributed by atoms with Crippen LogP contribution in [0.4, 0.5) is 0 Å². The highest BCUT2D eigenvalue weighted by atomic mass is 16.6. The molecule has 1 saturated heterocycles. The van der Waals surface area contributed by atoms with Gasteiger partial charge in [-0.2, -0.15) is 0 Å². The number of hydrogen-bond acceptors (Lipinski definition) is 3. The van der Waals surface area contributed by atoms with Crippen LogP contribution in [0.1, 0.15) is 6.92 Å². The third kappa shape index (κ3) is 0.362. The van der Waals surface area contributed by atoms with Crippen LogP contribution in [0.2, 0.25) is 0 Å². The lowest BCUT2D eigenvalue weighted by molar-refractivity contribution is -0.524. The molecule has 6 saturated carbocycles. The number of carbonyl (C=O) groups is 2. The molecule has 6 atom stereocenters. The van der Waals surface area contributed by atoms with E-state index in [4.69, 9.17) is 4.74 Å². The molecule has 0 aromatic rings. The van der Waals surface area contributed by atoms with Gasteiger partial charge >= 0.3 is 11.9 Å². The highest BCUT2D eigenvalue weighted by molar-refractivity contribution is 5.98. The van der Waals surface area contributed by atoms with E-state index in [1.54, 1.807) is 0 Å². The van der Waals surface area contributed by atoms with Gasteiger partial charge in [-0.3, -0.25) is 9.59 Å². The molecule has 0 aromatic carbocycles. The Hall–Kier alpha value is -0.860. The number of esters is 2. The van der Waals surface area contributed by atoms with E-state index in [2.05, 4.69) is 6.92 Å². The Morgan fingerprint density at radius 1 is 0.875 bits per heavy atom. The van der Waals surface area contributed by atoms with Crippen molar-refractivity contribution in [1.82, 2.24) is 0 Å². The topological polar surface area (TPSA) is 43.4 Å². The van der Waals surface area contributed by atoms with Gasteiger partial charge in [-0.25, -0.2) is 0 Å². The van der Waals surface area contributed by atoms with Crippen molar-refractivity contribution in [2.45, 2.75) is 6.92 Å². The van der Waals surface area contributed by atoms with Gasteiger partial charge in [0.2, 0.25) is 0 Å². The zero-order valence-corrected chi connectivity index (χ0v) is 8.92. The van der Waals surface area contributed by atoms with Crippen molar-refractivity contribution in [3.63, 3.8) is 0 Å². The molecule has 2 bridgehead atoms. The van der Waals surface area contributed by atoms with Gasteiger partial charge in [-0.05, 0) is 46.8 Å². The van der Waals surface area contributed by atoms with Crippen molar-refractivity contribution in [2.75, 3.05) is 0 Å². The highest BCUT2D eigenvalue weighted by Gasteiger charge is 2.97. The Balaban J connectivity index is 1.58. The van der Waals surface area contributed by atoms with E-state index in [-0.39, 0.29) is 23.8 Å². The molecule has 82 valence electrons. The summed E-state index contributed by atoms with van der Waals surface area (Å²) in [6, 6.07) is 0. The van der Waals surface area contributed by atoms with Crippen LogP contribution in [0.15, 0.2) is 0 Å². The van der Waals surface area contributed by atoms with Gasteiger partial charge in [0.1, 0.15) is 0 Å². The van der Waals surface area contributed by atoms with E-state index in [9.17, 15) is 9.59 Å². The van der Waals surface area contributed by atoms with Crippen LogP contribution in [0.5, 0.6) is 0 Å². The molecule has 0 N–H and O–H groups in total. The molecule has 0 spiro atoms. The van der Waals surface area contributed by atoms with Gasteiger partial charge in [0.15, 0.2) is 0 Å². The molecule has 0 amide bonds. The predicted molar refractivity (Wildman–Crippen MR) is 50.6 cm³/mol. The number of ether oxygens (including phenoxy) is 1. The van der Waals surface area contributed by atoms with Crippen molar-refractivity contribution in [3.8, 4) is 0 Å². The third-order valence-electron chi connectivity index (χ3n) is 7.49. The second-order valence-electron chi connectivity index (χ2n) is 7.04. The Morgan fingerprint density at radius 3 is 2.00 bits per heavy atom. The Morgan fingerprint density at radius 2 is 1.38 bits per heavy atom. The van der Waals surface area contributed by atoms with Gasteiger partial charge in [-0.1, -0.05) is 6.92 Å². The molecule has 3 nitrogen and oxygen atoms in total. The first-order valence-electron chi connectivity index (χ1n) is 6.43. The molecule has 7 aliphatic rings. The second-order valence-corrected chi connectivity index (χ2v) is 7.04. The molecule has 1 heterocycles. The quantitative estimate of drug-likeness (QED) is 0.442. The summed E-state index contributed by atoms with van der Waals surface area (Å²) in [6.07, 6.45) is 0. The molecule has 1 aliphatic heterocycles. The Labute approximate surface area is 92.5 Å². The maximum atomic E-state index is 11.8. The molecule has 16 heavy (non-hydrogen) atoms. The molecular weight excluding hydrogens is 204 g/mol. The highest BCUT2D eigenvalue weighted by Crippen LogP contribution is 2.98. The lowest BCUT2D eigenvalue weighted by atomic mass is 9.05. The zero-order valence-electron chi connectivity index (χ0n) is 8.92. The molecule has 0 radical (unpaired) electrons. The standard InChI is InChI=1S/C13H12O3/c1-13-8-5-2-3-4(12(15)16-11(3)14)7(9(5)13)10(13)6(2)8/h2-10H,1H3. The minimum absolute atomic E-state index is 0.0268. The molecule has 7 fully saturated rings. The minimum Gasteiger partial charge on any atom is -0.393 e. The monoisotopic (exact) mass is 216 g/mol. The first-order chi connectivity index (χ1) is 7.67. The molecule has 0 aromatic heterocycles. The van der Waals surface area contributed by atoms with Gasteiger partial charge in [-0.15, -0.1) is 0 Å². The third-order valence-corrected chi connectivity index (χ3v) is 7.49. The maximum absolute atomic E-state index is 11.8. The maximum Gasteiger partial charge on any atom is 0.317 e. The fourth-order valence-electron chi connectivity index (χ4n) is 7.55. The smallest absolute Gasteiger partial charge is 0.317 e. The largest absolute Gasteiger partial charge is 0.393 e. The molecule has 7 rings (SSSR count). The van der Waals surface area contributed by atoms with E-state index in [0.29, 0.717) is 17.3 Å². The molecule has 3 heteroatoms. The average molecular weight is 216 g/mol. The van der Waals surface area contributed by atoms with Gasteiger partial charge in [0.05, 0.1) is 11.8 Å². The summed E-state index contributed by atoms with van der Waals surface area (Å²) < 4.78 is 4.89. The summed E-state index contributed by atoms with van der Waals surface area (Å²) in [5, 5.41) is 0. The van der Waals surface area contributed by atoms with Crippen LogP contribution in [0.3, 0.4) is 0 Å². The van der Waals surface area contributed by atoms with E-state index in [1.807, 2.05) is 0 Å². The molecule has 6 unspecified atom stereocenters. The van der Waals surface area contributed by atoms with Crippen molar-refractivity contribution in [3.05, 3.63) is 0 Å². The number of rotatable bonds is 0. The number of hydrogen-bond donors (Lipinski definition) is 0. The fourth-order valence-corrected chi connectivity index (χ4v) is 7.55. The van der Waals surface area contributed by atoms with Crippen LogP contribution in [-0.2, 0) is 14.3 Å². The molecular formula is C13H12O3. The Bertz CT molecular complexity index is 489. The van der Waals surface area contributed by atoms with Crippen molar-refractivity contribution in [1.29, 1.82) is 0 Å². The second kappa shape index (κ2) is 1.59. The van der Waals surface area contributed by atoms with E-state index in [0.717, 1.165) is 29.6 Å². The summed E-state index contributed by atoms with van der Waals surface area (Å²) in [6.45, 7) is 2.41. The number of carbonyl (C=O) groups excluding carboxylic acids is 2. The zero-order chi connectivity index (χ0) is 10.6. The first-order valence-corrected chi connectivity index (χ1v) is 6.43. The fraction of sp³-hybridized carbons (Fsp3) is 0.846. The van der Waals surface area contributed by atoms with E-state index in [1.165, 1.54) is 0 Å². The van der Waals surface area contributed by atoms with Crippen molar-refractivity contribution >= 4 is 11.9 Å². The Kier molecular flexibility index (Phi) is 0.743. The average Bonchev–Trinajstić information content (AvgIpc) is 2.52. The van der Waals surface area contributed by atoms with Gasteiger partial charge in [0, 0.05) is 0 Å². The predicted octanol–water partition coefficient (Wildman–Crippen LogP) is 0.690. The van der Waals surface area contributed by atoms with Crippen LogP contribution in [-0.4, -0.2) is 11.9 Å². The summed E-state index contributed by atoms with van der Waals surface area (Å²) >= 11 is 0.